The summed E-state index contributed by atoms with van der Waals surface area (Å²) in [6.45, 7) is 2.63. The molecule has 1 spiro atoms. The van der Waals surface area contributed by atoms with E-state index in [0.29, 0.717) is 18.5 Å². The zero-order valence-corrected chi connectivity index (χ0v) is 15.4. The van der Waals surface area contributed by atoms with Crippen molar-refractivity contribution in [3.8, 4) is 5.75 Å². The van der Waals surface area contributed by atoms with Crippen molar-refractivity contribution in [1.82, 2.24) is 4.90 Å². The topological polar surface area (TPSA) is 69.6 Å². The van der Waals surface area contributed by atoms with Crippen LogP contribution in [0, 0.1) is 0 Å². The van der Waals surface area contributed by atoms with Crippen LogP contribution in [-0.4, -0.2) is 34.4 Å². The maximum atomic E-state index is 13.1. The highest BCUT2D eigenvalue weighted by Gasteiger charge is 2.58. The Kier molecular flexibility index (Phi) is 4.38. The first-order valence-electron chi connectivity index (χ1n) is 9.55. The van der Waals surface area contributed by atoms with Gasteiger partial charge < -0.3 is 15.3 Å². The number of para-hydroxylation sites is 2. The second-order valence-corrected chi connectivity index (χ2v) is 7.42. The van der Waals surface area contributed by atoms with Crippen LogP contribution in [0.4, 0.5) is 5.69 Å². The standard InChI is InChI=1S/C22H24N2O3/c1-2-7-19-22(16-9-4-5-10-17(16)23-21(22)27)12-13-24(19)20(26)14-15-8-3-6-11-18(15)25/h3-6,8-11,19,25H,2,7,12-14H2,1H3,(H,23,27)/t19-,22-/m0/s1. The van der Waals surface area contributed by atoms with Gasteiger partial charge in [-0.25, -0.2) is 0 Å². The second-order valence-electron chi connectivity index (χ2n) is 7.42. The molecule has 0 saturated carbocycles. The number of aromatic hydroxyl groups is 1. The van der Waals surface area contributed by atoms with Crippen LogP contribution in [0.1, 0.15) is 37.3 Å². The van der Waals surface area contributed by atoms with Gasteiger partial charge in [0, 0.05) is 17.8 Å². The number of phenolic OH excluding ortho intramolecular Hbond substituents is 1. The number of phenols is 1. The number of carbonyl (C=O) groups is 2. The molecule has 2 aliphatic heterocycles. The molecule has 2 aliphatic rings. The van der Waals surface area contributed by atoms with Gasteiger partial charge in [0.2, 0.25) is 11.8 Å². The molecule has 0 unspecified atom stereocenters. The molecule has 140 valence electrons. The first kappa shape index (κ1) is 17.6. The lowest BCUT2D eigenvalue weighted by Gasteiger charge is -2.34. The lowest BCUT2D eigenvalue weighted by atomic mass is 9.73. The number of likely N-dealkylation sites (tertiary alicyclic amines) is 1. The summed E-state index contributed by atoms with van der Waals surface area (Å²) < 4.78 is 0. The zero-order valence-electron chi connectivity index (χ0n) is 15.4. The molecular formula is C22H24N2O3. The molecule has 2 atom stereocenters. The van der Waals surface area contributed by atoms with Crippen LogP contribution in [0.25, 0.3) is 0 Å². The Balaban J connectivity index is 1.67. The van der Waals surface area contributed by atoms with E-state index in [9.17, 15) is 14.7 Å². The maximum Gasteiger partial charge on any atom is 0.237 e. The van der Waals surface area contributed by atoms with Crippen molar-refractivity contribution in [2.75, 3.05) is 11.9 Å². The molecule has 2 aromatic rings. The van der Waals surface area contributed by atoms with E-state index in [-0.39, 0.29) is 30.0 Å². The Bertz CT molecular complexity index is 895. The van der Waals surface area contributed by atoms with E-state index >= 15 is 0 Å². The van der Waals surface area contributed by atoms with Crippen molar-refractivity contribution in [2.45, 2.75) is 44.1 Å². The summed E-state index contributed by atoms with van der Waals surface area (Å²) in [5.74, 6) is 0.0970. The lowest BCUT2D eigenvalue weighted by Crippen LogP contribution is -2.49. The van der Waals surface area contributed by atoms with Crippen LogP contribution in [0.5, 0.6) is 5.75 Å². The first-order valence-corrected chi connectivity index (χ1v) is 9.55. The van der Waals surface area contributed by atoms with Crippen LogP contribution < -0.4 is 5.32 Å². The predicted octanol–water partition coefficient (Wildman–Crippen LogP) is 3.23. The van der Waals surface area contributed by atoms with Crippen LogP contribution in [-0.2, 0) is 21.4 Å². The third-order valence-electron chi connectivity index (χ3n) is 5.97. The van der Waals surface area contributed by atoms with E-state index in [4.69, 9.17) is 0 Å². The summed E-state index contributed by atoms with van der Waals surface area (Å²) in [5.41, 5.74) is 1.82. The minimum absolute atomic E-state index is 0.00000772. The average Bonchev–Trinajstić information content (AvgIpc) is 3.18. The van der Waals surface area contributed by atoms with Gasteiger partial charge in [-0.3, -0.25) is 9.59 Å². The Morgan fingerprint density at radius 1 is 1.22 bits per heavy atom. The number of amides is 2. The van der Waals surface area contributed by atoms with Gasteiger partial charge in [-0.1, -0.05) is 49.7 Å². The summed E-state index contributed by atoms with van der Waals surface area (Å²) in [5, 5.41) is 13.0. The number of nitrogens with zero attached hydrogens (tertiary/aromatic N) is 1. The van der Waals surface area contributed by atoms with Gasteiger partial charge in [-0.15, -0.1) is 0 Å². The Morgan fingerprint density at radius 2 is 1.96 bits per heavy atom. The molecule has 1 saturated heterocycles. The third-order valence-corrected chi connectivity index (χ3v) is 5.97. The van der Waals surface area contributed by atoms with Crippen molar-refractivity contribution in [2.24, 2.45) is 0 Å². The minimum atomic E-state index is -0.666. The quantitative estimate of drug-likeness (QED) is 0.875. The smallest absolute Gasteiger partial charge is 0.237 e. The van der Waals surface area contributed by atoms with E-state index in [1.165, 1.54) is 0 Å². The SMILES string of the molecule is CCC[C@@H]1N(C(=O)Cc2ccccc2O)CC[C@@]12C(=O)Nc1ccccc12. The minimum Gasteiger partial charge on any atom is -0.508 e. The number of rotatable bonds is 4. The number of hydrogen-bond donors (Lipinski definition) is 2. The Labute approximate surface area is 159 Å². The molecule has 2 amide bonds. The number of benzene rings is 2. The number of fused-ring (bicyclic) bond motifs is 2. The van der Waals surface area contributed by atoms with E-state index < -0.39 is 5.41 Å². The molecule has 27 heavy (non-hydrogen) atoms. The first-order chi connectivity index (χ1) is 13.1. The van der Waals surface area contributed by atoms with Gasteiger partial charge in [-0.05, 0) is 30.5 Å². The largest absolute Gasteiger partial charge is 0.508 e. The summed E-state index contributed by atoms with van der Waals surface area (Å²) >= 11 is 0. The number of hydrogen-bond acceptors (Lipinski definition) is 3. The molecule has 1 fully saturated rings. The van der Waals surface area contributed by atoms with E-state index in [0.717, 1.165) is 24.1 Å². The second kappa shape index (κ2) is 6.72. The predicted molar refractivity (Wildman–Crippen MR) is 104 cm³/mol. The van der Waals surface area contributed by atoms with Gasteiger partial charge >= 0.3 is 0 Å². The van der Waals surface area contributed by atoms with E-state index in [1.54, 1.807) is 18.2 Å². The van der Waals surface area contributed by atoms with Crippen molar-refractivity contribution in [3.63, 3.8) is 0 Å². The molecule has 4 rings (SSSR count). The molecule has 0 bridgehead atoms. The van der Waals surface area contributed by atoms with Gasteiger partial charge in [0.1, 0.15) is 5.75 Å². The van der Waals surface area contributed by atoms with Gasteiger partial charge in [0.25, 0.3) is 0 Å². The Morgan fingerprint density at radius 3 is 2.74 bits per heavy atom. The normalized spacial score (nSPS) is 23.5. The van der Waals surface area contributed by atoms with Gasteiger partial charge in [0.05, 0.1) is 17.9 Å². The summed E-state index contributed by atoms with van der Waals surface area (Å²) in [4.78, 5) is 28.0. The van der Waals surface area contributed by atoms with Crippen LogP contribution >= 0.6 is 0 Å². The van der Waals surface area contributed by atoms with Gasteiger partial charge in [-0.2, -0.15) is 0 Å². The molecule has 0 radical (unpaired) electrons. The third kappa shape index (κ3) is 2.69. The Hall–Kier alpha value is -2.82. The van der Waals surface area contributed by atoms with Crippen LogP contribution in [0.3, 0.4) is 0 Å². The fourth-order valence-electron chi connectivity index (χ4n) is 4.70. The number of anilines is 1. The maximum absolute atomic E-state index is 13.1. The monoisotopic (exact) mass is 364 g/mol. The molecule has 2 aromatic carbocycles. The van der Waals surface area contributed by atoms with Crippen LogP contribution in [0.15, 0.2) is 48.5 Å². The summed E-state index contributed by atoms with van der Waals surface area (Å²) in [6.07, 6.45) is 2.44. The molecular weight excluding hydrogens is 340 g/mol. The molecule has 0 aromatic heterocycles. The van der Waals surface area contributed by atoms with Gasteiger partial charge in [0.15, 0.2) is 0 Å². The van der Waals surface area contributed by atoms with Crippen molar-refractivity contribution in [1.29, 1.82) is 0 Å². The lowest BCUT2D eigenvalue weighted by molar-refractivity contribution is -0.132. The average molecular weight is 364 g/mol. The highest BCUT2D eigenvalue weighted by atomic mass is 16.3. The van der Waals surface area contributed by atoms with Crippen molar-refractivity contribution in [3.05, 3.63) is 59.7 Å². The van der Waals surface area contributed by atoms with E-state index in [1.807, 2.05) is 35.2 Å². The number of carbonyl (C=O) groups excluding carboxylic acids is 2. The van der Waals surface area contributed by atoms with Crippen LogP contribution in [0.2, 0.25) is 0 Å². The molecule has 0 aliphatic carbocycles. The highest BCUT2D eigenvalue weighted by molar-refractivity contribution is 6.07. The molecule has 5 heteroatoms. The van der Waals surface area contributed by atoms with Crippen molar-refractivity contribution < 1.29 is 14.7 Å². The molecule has 2 heterocycles. The summed E-state index contributed by atoms with van der Waals surface area (Å²) in [7, 11) is 0. The van der Waals surface area contributed by atoms with Crippen molar-refractivity contribution >= 4 is 17.5 Å². The zero-order chi connectivity index (χ0) is 19.0. The highest BCUT2D eigenvalue weighted by Crippen LogP contribution is 2.49. The van der Waals surface area contributed by atoms with E-state index in [2.05, 4.69) is 12.2 Å². The fraction of sp³-hybridized carbons (Fsp3) is 0.364. The summed E-state index contributed by atoms with van der Waals surface area (Å²) in [6, 6.07) is 14.6. The number of nitrogens with one attached hydrogen (secondary N) is 1. The molecule has 5 nitrogen and oxygen atoms in total. The fourth-order valence-corrected chi connectivity index (χ4v) is 4.70. The molecule has 2 N–H and O–H groups in total.